The zero-order valence-electron chi connectivity index (χ0n) is 5.42. The molecule has 0 radical (unpaired) electrons. The molecule has 2 aliphatic heterocycles. The first-order chi connectivity index (χ1) is 4.29. The molecule has 2 atom stereocenters. The van der Waals surface area contributed by atoms with Crippen molar-refractivity contribution in [1.82, 2.24) is 0 Å². The fourth-order valence-corrected chi connectivity index (χ4v) is 1.13. The van der Waals surface area contributed by atoms with Crippen LogP contribution in [0.1, 0.15) is 13.3 Å². The minimum Gasteiger partial charge on any atom is -0.330 e. The number of fused-ring (bicyclic) bond motifs is 2. The van der Waals surface area contributed by atoms with Crippen LogP contribution in [0.4, 0.5) is 0 Å². The summed E-state index contributed by atoms with van der Waals surface area (Å²) in [7, 11) is 0. The van der Waals surface area contributed by atoms with Gasteiger partial charge in [-0.15, -0.1) is 0 Å². The van der Waals surface area contributed by atoms with Gasteiger partial charge in [0.2, 0.25) is 0 Å². The number of hydrogen-bond donors (Lipinski definition) is 0. The minimum atomic E-state index is -0.372. The molecule has 2 saturated heterocycles. The maximum Gasteiger partial charge on any atom is 0.272 e. The third-order valence-electron chi connectivity index (χ3n) is 1.79. The van der Waals surface area contributed by atoms with E-state index >= 15 is 0 Å². The Morgan fingerprint density at radius 2 is 2.33 bits per heavy atom. The number of rotatable bonds is 0. The van der Waals surface area contributed by atoms with Crippen molar-refractivity contribution in [1.29, 1.82) is 0 Å². The molecule has 52 valence electrons. The van der Waals surface area contributed by atoms with Gasteiger partial charge in [0.15, 0.2) is 0 Å². The molecular formula is C6H10O3. The Bertz CT molecular complexity index is 121. The lowest BCUT2D eigenvalue weighted by Gasteiger charge is -2.26. The van der Waals surface area contributed by atoms with Crippen molar-refractivity contribution in [2.45, 2.75) is 25.4 Å². The molecule has 3 heteroatoms. The van der Waals surface area contributed by atoms with Gasteiger partial charge in [0.25, 0.3) is 6.48 Å². The van der Waals surface area contributed by atoms with Crippen LogP contribution in [-0.2, 0) is 14.2 Å². The van der Waals surface area contributed by atoms with Gasteiger partial charge in [0.05, 0.1) is 18.8 Å². The van der Waals surface area contributed by atoms with Crippen LogP contribution in [0.2, 0.25) is 0 Å². The highest BCUT2D eigenvalue weighted by Gasteiger charge is 2.41. The first-order valence-electron chi connectivity index (χ1n) is 3.20. The molecule has 0 amide bonds. The zero-order valence-corrected chi connectivity index (χ0v) is 5.42. The van der Waals surface area contributed by atoms with E-state index in [0.717, 1.165) is 13.0 Å². The SMILES string of the molecule is CC12CCOC(OC1)O2. The maximum atomic E-state index is 5.34. The molecule has 2 aliphatic rings. The molecule has 0 spiro atoms. The molecule has 2 bridgehead atoms. The highest BCUT2D eigenvalue weighted by Crippen LogP contribution is 2.30. The van der Waals surface area contributed by atoms with Crippen LogP contribution >= 0.6 is 0 Å². The van der Waals surface area contributed by atoms with Crippen LogP contribution in [-0.4, -0.2) is 25.3 Å². The quantitative estimate of drug-likeness (QED) is 0.477. The molecule has 0 aromatic rings. The van der Waals surface area contributed by atoms with Crippen LogP contribution in [0.3, 0.4) is 0 Å². The summed E-state index contributed by atoms with van der Waals surface area (Å²) >= 11 is 0. The Hall–Kier alpha value is -0.120. The average molecular weight is 130 g/mol. The molecule has 2 rings (SSSR count). The summed E-state index contributed by atoms with van der Waals surface area (Å²) in [6, 6.07) is 0. The van der Waals surface area contributed by atoms with Gasteiger partial charge in [0, 0.05) is 6.42 Å². The molecule has 3 nitrogen and oxygen atoms in total. The van der Waals surface area contributed by atoms with Gasteiger partial charge in [-0.2, -0.15) is 0 Å². The highest BCUT2D eigenvalue weighted by atomic mass is 16.9. The van der Waals surface area contributed by atoms with Gasteiger partial charge < -0.3 is 14.2 Å². The summed E-state index contributed by atoms with van der Waals surface area (Å²) in [5.74, 6) is 0. The number of ether oxygens (including phenoxy) is 3. The van der Waals surface area contributed by atoms with E-state index in [2.05, 4.69) is 6.92 Å². The van der Waals surface area contributed by atoms with E-state index in [9.17, 15) is 0 Å². The van der Waals surface area contributed by atoms with Crippen molar-refractivity contribution in [2.24, 2.45) is 0 Å². The summed E-state index contributed by atoms with van der Waals surface area (Å²) in [6.45, 7) is 3.12. The largest absolute Gasteiger partial charge is 0.330 e. The Balaban J connectivity index is 2.13. The van der Waals surface area contributed by atoms with Crippen molar-refractivity contribution in [3.63, 3.8) is 0 Å². The smallest absolute Gasteiger partial charge is 0.272 e. The van der Waals surface area contributed by atoms with Gasteiger partial charge in [-0.25, -0.2) is 0 Å². The lowest BCUT2D eigenvalue weighted by Crippen LogP contribution is -2.34. The first kappa shape index (κ1) is 5.65. The van der Waals surface area contributed by atoms with Crippen molar-refractivity contribution in [2.75, 3.05) is 13.2 Å². The fourth-order valence-electron chi connectivity index (χ4n) is 1.13. The molecule has 0 aliphatic carbocycles. The summed E-state index contributed by atoms with van der Waals surface area (Å²) in [4.78, 5) is 0. The van der Waals surface area contributed by atoms with Crippen LogP contribution in [0.15, 0.2) is 0 Å². The van der Waals surface area contributed by atoms with Crippen LogP contribution in [0, 0.1) is 0 Å². The van der Waals surface area contributed by atoms with Crippen LogP contribution in [0.25, 0.3) is 0 Å². The van der Waals surface area contributed by atoms with Crippen molar-refractivity contribution in [3.8, 4) is 0 Å². The first-order valence-corrected chi connectivity index (χ1v) is 3.20. The maximum absolute atomic E-state index is 5.34. The van der Waals surface area contributed by atoms with Crippen LogP contribution in [0.5, 0.6) is 0 Å². The molecule has 0 N–H and O–H groups in total. The topological polar surface area (TPSA) is 27.7 Å². The molecule has 0 saturated carbocycles. The van der Waals surface area contributed by atoms with Gasteiger partial charge >= 0.3 is 0 Å². The molecule has 0 aromatic carbocycles. The van der Waals surface area contributed by atoms with Gasteiger partial charge in [-0.3, -0.25) is 0 Å². The standard InChI is InChI=1S/C6H10O3/c1-6-2-3-7-5(9-6)8-4-6/h5H,2-4H2,1H3. The molecule has 9 heavy (non-hydrogen) atoms. The molecule has 0 aromatic heterocycles. The number of hydrogen-bond acceptors (Lipinski definition) is 3. The summed E-state index contributed by atoms with van der Waals surface area (Å²) < 4.78 is 15.6. The van der Waals surface area contributed by atoms with E-state index in [1.165, 1.54) is 0 Å². The predicted octanol–water partition coefficient (Wildman–Crippen LogP) is 0.496. The lowest BCUT2D eigenvalue weighted by atomic mass is 10.1. The van der Waals surface area contributed by atoms with Gasteiger partial charge in [-0.05, 0) is 6.92 Å². The Labute approximate surface area is 53.9 Å². The van der Waals surface area contributed by atoms with Crippen molar-refractivity contribution >= 4 is 0 Å². The summed E-state index contributed by atoms with van der Waals surface area (Å²) in [6.07, 6.45) is 0.948. The zero-order chi connectivity index (χ0) is 6.32. The Morgan fingerprint density at radius 3 is 3.00 bits per heavy atom. The fraction of sp³-hybridized carbons (Fsp3) is 1.00. The van der Waals surface area contributed by atoms with E-state index in [0.29, 0.717) is 6.61 Å². The normalized spacial score (nSPS) is 49.7. The van der Waals surface area contributed by atoms with Gasteiger partial charge in [0.1, 0.15) is 0 Å². The second-order valence-electron chi connectivity index (χ2n) is 2.79. The minimum absolute atomic E-state index is 0.0527. The second kappa shape index (κ2) is 1.68. The molecule has 2 fully saturated rings. The van der Waals surface area contributed by atoms with E-state index in [1.807, 2.05) is 0 Å². The molecule has 2 unspecified atom stereocenters. The van der Waals surface area contributed by atoms with Crippen molar-refractivity contribution in [3.05, 3.63) is 0 Å². The predicted molar refractivity (Wildman–Crippen MR) is 29.8 cm³/mol. The molecule has 2 heterocycles. The van der Waals surface area contributed by atoms with E-state index in [4.69, 9.17) is 14.2 Å². The Morgan fingerprint density at radius 1 is 1.44 bits per heavy atom. The Kier molecular flexibility index (Phi) is 1.06. The molecular weight excluding hydrogens is 120 g/mol. The third kappa shape index (κ3) is 0.852. The summed E-state index contributed by atoms with van der Waals surface area (Å²) in [5, 5.41) is 0. The average Bonchev–Trinajstić information content (AvgIpc) is 2.07. The second-order valence-corrected chi connectivity index (χ2v) is 2.79. The van der Waals surface area contributed by atoms with E-state index in [-0.39, 0.29) is 12.1 Å². The monoisotopic (exact) mass is 130 g/mol. The summed E-state index contributed by atoms with van der Waals surface area (Å²) in [5.41, 5.74) is -0.0527. The lowest BCUT2D eigenvalue weighted by molar-refractivity contribution is -0.275. The third-order valence-corrected chi connectivity index (χ3v) is 1.79. The van der Waals surface area contributed by atoms with E-state index < -0.39 is 0 Å². The highest BCUT2D eigenvalue weighted by molar-refractivity contribution is 4.80. The van der Waals surface area contributed by atoms with E-state index in [1.54, 1.807) is 0 Å². The van der Waals surface area contributed by atoms with Crippen molar-refractivity contribution < 1.29 is 14.2 Å². The van der Waals surface area contributed by atoms with Crippen LogP contribution < -0.4 is 0 Å². The van der Waals surface area contributed by atoms with Gasteiger partial charge in [-0.1, -0.05) is 0 Å².